The summed E-state index contributed by atoms with van der Waals surface area (Å²) in [6.45, 7) is 0.703. The molecular formula is C16H15ClO4. The molecule has 0 bridgehead atoms. The first-order valence-corrected chi connectivity index (χ1v) is 6.84. The Hall–Kier alpha value is -2.20. The number of halogens is 1. The van der Waals surface area contributed by atoms with Gasteiger partial charge in [0.05, 0.1) is 11.4 Å². The summed E-state index contributed by atoms with van der Waals surface area (Å²) in [7, 11) is 0. The lowest BCUT2D eigenvalue weighted by Gasteiger charge is -2.10. The van der Waals surface area contributed by atoms with Crippen LogP contribution in [0.2, 0.25) is 5.02 Å². The summed E-state index contributed by atoms with van der Waals surface area (Å²) in [5.74, 6) is 0.369. The fourth-order valence-corrected chi connectivity index (χ4v) is 1.98. The fourth-order valence-electron chi connectivity index (χ4n) is 1.79. The molecule has 0 aliphatic rings. The van der Waals surface area contributed by atoms with Crippen LogP contribution in [-0.2, 0) is 11.2 Å². The van der Waals surface area contributed by atoms with Crippen LogP contribution in [0.25, 0.3) is 0 Å². The van der Waals surface area contributed by atoms with Crippen LogP contribution in [0.5, 0.6) is 11.5 Å². The van der Waals surface area contributed by atoms with Gasteiger partial charge in [0.2, 0.25) is 0 Å². The molecule has 0 atom stereocenters. The zero-order chi connectivity index (χ0) is 15.1. The third-order valence-corrected chi connectivity index (χ3v) is 3.01. The van der Waals surface area contributed by atoms with E-state index >= 15 is 0 Å². The van der Waals surface area contributed by atoms with Crippen molar-refractivity contribution in [3.63, 3.8) is 0 Å². The van der Waals surface area contributed by atoms with Crippen molar-refractivity contribution < 1.29 is 19.4 Å². The summed E-state index contributed by atoms with van der Waals surface area (Å²) in [5, 5.41) is 9.31. The molecule has 0 heterocycles. The molecule has 0 fully saturated rings. The molecular weight excluding hydrogens is 292 g/mol. The average molecular weight is 307 g/mol. The second-order valence-corrected chi connectivity index (χ2v) is 4.75. The first kappa shape index (κ1) is 15.2. The lowest BCUT2D eigenvalue weighted by Crippen LogP contribution is -2.09. The number of rotatable bonds is 7. The first-order chi connectivity index (χ1) is 10.1. The van der Waals surface area contributed by atoms with Gasteiger partial charge in [0.25, 0.3) is 0 Å². The topological polar surface area (TPSA) is 55.8 Å². The minimum atomic E-state index is -0.866. The maximum Gasteiger partial charge on any atom is 0.307 e. The van der Waals surface area contributed by atoms with Crippen LogP contribution in [0.4, 0.5) is 0 Å². The molecule has 21 heavy (non-hydrogen) atoms. The third-order valence-electron chi connectivity index (χ3n) is 2.70. The van der Waals surface area contributed by atoms with Crippen molar-refractivity contribution in [2.75, 3.05) is 13.2 Å². The highest BCUT2D eigenvalue weighted by atomic mass is 35.5. The SMILES string of the molecule is O=C(O)Cc1cccc(OCCOc2ccccc2Cl)c1. The van der Waals surface area contributed by atoms with E-state index in [4.69, 9.17) is 26.2 Å². The quantitative estimate of drug-likeness (QED) is 0.796. The van der Waals surface area contributed by atoms with Crippen LogP contribution in [0.15, 0.2) is 48.5 Å². The molecule has 2 aromatic rings. The normalized spacial score (nSPS) is 10.1. The van der Waals surface area contributed by atoms with Crippen molar-refractivity contribution in [1.82, 2.24) is 0 Å². The molecule has 0 saturated carbocycles. The minimum absolute atomic E-state index is 0.0205. The van der Waals surface area contributed by atoms with Crippen LogP contribution in [-0.4, -0.2) is 24.3 Å². The van der Waals surface area contributed by atoms with Gasteiger partial charge in [0.1, 0.15) is 24.7 Å². The minimum Gasteiger partial charge on any atom is -0.490 e. The molecule has 1 N–H and O–H groups in total. The Morgan fingerprint density at radius 2 is 1.81 bits per heavy atom. The van der Waals surface area contributed by atoms with Gasteiger partial charge < -0.3 is 14.6 Å². The number of aliphatic carboxylic acids is 1. The number of carboxylic acid groups (broad SMARTS) is 1. The Morgan fingerprint density at radius 1 is 1.05 bits per heavy atom. The van der Waals surface area contributed by atoms with E-state index in [9.17, 15) is 4.79 Å². The number of hydrogen-bond acceptors (Lipinski definition) is 3. The van der Waals surface area contributed by atoms with Crippen molar-refractivity contribution in [2.24, 2.45) is 0 Å². The molecule has 0 radical (unpaired) electrons. The highest BCUT2D eigenvalue weighted by molar-refractivity contribution is 6.32. The number of carbonyl (C=O) groups is 1. The maximum absolute atomic E-state index is 10.7. The van der Waals surface area contributed by atoms with Gasteiger partial charge in [0.15, 0.2) is 0 Å². The molecule has 110 valence electrons. The first-order valence-electron chi connectivity index (χ1n) is 6.46. The smallest absolute Gasteiger partial charge is 0.307 e. The van der Waals surface area contributed by atoms with Crippen molar-refractivity contribution >= 4 is 17.6 Å². The van der Waals surface area contributed by atoms with Gasteiger partial charge in [-0.1, -0.05) is 35.9 Å². The number of hydrogen-bond donors (Lipinski definition) is 1. The Labute approximate surface area is 127 Å². The zero-order valence-corrected chi connectivity index (χ0v) is 12.0. The van der Waals surface area contributed by atoms with E-state index in [1.54, 1.807) is 36.4 Å². The van der Waals surface area contributed by atoms with Crippen LogP contribution in [0, 0.1) is 0 Å². The Kier molecular flexibility index (Phi) is 5.46. The average Bonchev–Trinajstić information content (AvgIpc) is 2.45. The highest BCUT2D eigenvalue weighted by Gasteiger charge is 2.03. The predicted octanol–water partition coefficient (Wildman–Crippen LogP) is 3.42. The van der Waals surface area contributed by atoms with Gasteiger partial charge in [-0.2, -0.15) is 0 Å². The molecule has 0 aliphatic heterocycles. The second-order valence-electron chi connectivity index (χ2n) is 4.35. The standard InChI is InChI=1S/C16H15ClO4/c17-14-6-1-2-7-15(14)21-9-8-20-13-5-3-4-12(10-13)11-16(18)19/h1-7,10H,8-9,11H2,(H,18,19). The van der Waals surface area contributed by atoms with Crippen molar-refractivity contribution in [2.45, 2.75) is 6.42 Å². The van der Waals surface area contributed by atoms with Gasteiger partial charge in [-0.3, -0.25) is 4.79 Å². The van der Waals surface area contributed by atoms with Gasteiger partial charge in [0, 0.05) is 0 Å². The van der Waals surface area contributed by atoms with Crippen LogP contribution in [0.3, 0.4) is 0 Å². The molecule has 5 heteroatoms. The molecule has 0 saturated heterocycles. The molecule has 0 aromatic heterocycles. The molecule has 4 nitrogen and oxygen atoms in total. The molecule has 0 unspecified atom stereocenters. The van der Waals surface area contributed by atoms with Gasteiger partial charge in [-0.15, -0.1) is 0 Å². The van der Waals surface area contributed by atoms with Crippen molar-refractivity contribution in [1.29, 1.82) is 0 Å². The van der Waals surface area contributed by atoms with E-state index in [-0.39, 0.29) is 6.42 Å². The molecule has 0 aliphatic carbocycles. The Balaban J connectivity index is 1.81. The number of ether oxygens (including phenoxy) is 2. The van der Waals surface area contributed by atoms with Crippen LogP contribution >= 0.6 is 11.6 Å². The lowest BCUT2D eigenvalue weighted by molar-refractivity contribution is -0.136. The van der Waals surface area contributed by atoms with E-state index in [1.807, 2.05) is 12.1 Å². The van der Waals surface area contributed by atoms with Crippen LogP contribution < -0.4 is 9.47 Å². The maximum atomic E-state index is 10.7. The summed E-state index contributed by atoms with van der Waals surface area (Å²) in [6.07, 6.45) is -0.0205. The summed E-state index contributed by atoms with van der Waals surface area (Å²) in [6, 6.07) is 14.2. The third kappa shape index (κ3) is 5.00. The van der Waals surface area contributed by atoms with E-state index in [0.717, 1.165) is 0 Å². The number of para-hydroxylation sites is 1. The number of benzene rings is 2. The number of carboxylic acids is 1. The Morgan fingerprint density at radius 3 is 2.57 bits per heavy atom. The monoisotopic (exact) mass is 306 g/mol. The van der Waals surface area contributed by atoms with E-state index in [0.29, 0.717) is 35.3 Å². The molecule has 0 spiro atoms. The summed E-state index contributed by atoms with van der Waals surface area (Å²) in [5.41, 5.74) is 0.701. The lowest BCUT2D eigenvalue weighted by atomic mass is 10.1. The van der Waals surface area contributed by atoms with Gasteiger partial charge in [-0.05, 0) is 29.8 Å². The summed E-state index contributed by atoms with van der Waals surface area (Å²) in [4.78, 5) is 10.7. The van der Waals surface area contributed by atoms with Crippen LogP contribution in [0.1, 0.15) is 5.56 Å². The van der Waals surface area contributed by atoms with Gasteiger partial charge >= 0.3 is 5.97 Å². The predicted molar refractivity (Wildman–Crippen MR) is 80.2 cm³/mol. The summed E-state index contributed by atoms with van der Waals surface area (Å²) < 4.78 is 11.0. The van der Waals surface area contributed by atoms with E-state index in [1.165, 1.54) is 0 Å². The molecule has 0 amide bonds. The Bertz CT molecular complexity index is 613. The van der Waals surface area contributed by atoms with Gasteiger partial charge in [-0.25, -0.2) is 0 Å². The second kappa shape index (κ2) is 7.55. The largest absolute Gasteiger partial charge is 0.490 e. The molecule has 2 aromatic carbocycles. The molecule has 2 rings (SSSR count). The zero-order valence-electron chi connectivity index (χ0n) is 11.3. The van der Waals surface area contributed by atoms with E-state index < -0.39 is 5.97 Å². The van der Waals surface area contributed by atoms with Crippen molar-refractivity contribution in [3.05, 3.63) is 59.1 Å². The van der Waals surface area contributed by atoms with E-state index in [2.05, 4.69) is 0 Å². The fraction of sp³-hybridized carbons (Fsp3) is 0.188. The van der Waals surface area contributed by atoms with Crippen molar-refractivity contribution in [3.8, 4) is 11.5 Å². The highest BCUT2D eigenvalue weighted by Crippen LogP contribution is 2.23. The summed E-state index contributed by atoms with van der Waals surface area (Å²) >= 11 is 5.97.